The summed E-state index contributed by atoms with van der Waals surface area (Å²) in [5.41, 5.74) is 3.83. The van der Waals surface area contributed by atoms with Crippen molar-refractivity contribution < 1.29 is 19.0 Å². The fourth-order valence-electron chi connectivity index (χ4n) is 2.71. The molecule has 3 aromatic rings. The molecule has 3 rings (SSSR count). The van der Waals surface area contributed by atoms with E-state index in [0.29, 0.717) is 27.7 Å². The average molecular weight is 368 g/mol. The van der Waals surface area contributed by atoms with Crippen LogP contribution in [0.4, 0.5) is 0 Å². The van der Waals surface area contributed by atoms with Crippen LogP contribution < -0.4 is 14.2 Å². The van der Waals surface area contributed by atoms with Crippen LogP contribution in [-0.2, 0) is 0 Å². The lowest BCUT2D eigenvalue weighted by Crippen LogP contribution is -2.02. The van der Waals surface area contributed by atoms with E-state index in [1.54, 1.807) is 12.1 Å². The van der Waals surface area contributed by atoms with Crippen molar-refractivity contribution in [2.45, 2.75) is 6.92 Å². The lowest BCUT2D eigenvalue weighted by atomic mass is 10.0. The maximum Gasteiger partial charge on any atom is 0.203 e. The van der Waals surface area contributed by atoms with Gasteiger partial charge in [0.15, 0.2) is 11.5 Å². The van der Waals surface area contributed by atoms with Gasteiger partial charge in [-0.1, -0.05) is 29.8 Å². The van der Waals surface area contributed by atoms with Gasteiger partial charge in [-0.15, -0.1) is 11.3 Å². The van der Waals surface area contributed by atoms with Gasteiger partial charge in [-0.05, 0) is 41.6 Å². The van der Waals surface area contributed by atoms with E-state index in [0.717, 1.165) is 11.1 Å². The molecule has 0 saturated heterocycles. The van der Waals surface area contributed by atoms with Crippen molar-refractivity contribution in [1.82, 2.24) is 0 Å². The number of carbonyl (C=O) groups is 1. The fourth-order valence-corrected chi connectivity index (χ4v) is 3.59. The number of thiophene rings is 1. The van der Waals surface area contributed by atoms with Gasteiger partial charge in [-0.25, -0.2) is 0 Å². The van der Waals surface area contributed by atoms with Crippen molar-refractivity contribution in [1.29, 1.82) is 0 Å². The number of methoxy groups -OCH3 is 3. The van der Waals surface area contributed by atoms with Gasteiger partial charge >= 0.3 is 0 Å². The van der Waals surface area contributed by atoms with Crippen molar-refractivity contribution >= 4 is 17.1 Å². The summed E-state index contributed by atoms with van der Waals surface area (Å²) >= 11 is 1.43. The standard InChI is InChI=1S/C21H20O4S/c1-13-5-7-14(8-6-13)16-11-19(26-12-16)20(22)15-9-17(23-2)21(25-4)18(10-15)24-3/h5-12H,1-4H3. The summed E-state index contributed by atoms with van der Waals surface area (Å²) in [6.07, 6.45) is 0. The summed E-state index contributed by atoms with van der Waals surface area (Å²) in [6.45, 7) is 2.05. The fraction of sp³-hybridized carbons (Fsp3) is 0.190. The minimum Gasteiger partial charge on any atom is -0.493 e. The first-order chi connectivity index (χ1) is 12.6. The Balaban J connectivity index is 1.96. The molecule has 0 unspecified atom stereocenters. The number of rotatable bonds is 6. The Kier molecular flexibility index (Phi) is 5.28. The minimum absolute atomic E-state index is 0.0763. The molecule has 0 amide bonds. The van der Waals surface area contributed by atoms with E-state index in [4.69, 9.17) is 14.2 Å². The first kappa shape index (κ1) is 18.0. The highest BCUT2D eigenvalue weighted by molar-refractivity contribution is 7.12. The predicted octanol–water partition coefficient (Wildman–Crippen LogP) is 4.98. The normalized spacial score (nSPS) is 10.5. The summed E-state index contributed by atoms with van der Waals surface area (Å²) in [4.78, 5) is 13.6. The van der Waals surface area contributed by atoms with Crippen LogP contribution in [0.2, 0.25) is 0 Å². The molecule has 0 atom stereocenters. The van der Waals surface area contributed by atoms with Gasteiger partial charge in [0.25, 0.3) is 0 Å². The molecule has 0 bridgehead atoms. The molecule has 1 aromatic heterocycles. The number of ketones is 1. The molecule has 4 nitrogen and oxygen atoms in total. The van der Waals surface area contributed by atoms with Gasteiger partial charge in [0.05, 0.1) is 26.2 Å². The monoisotopic (exact) mass is 368 g/mol. The molecule has 2 aromatic carbocycles. The van der Waals surface area contributed by atoms with Crippen LogP contribution in [0.15, 0.2) is 47.8 Å². The van der Waals surface area contributed by atoms with Gasteiger partial charge in [-0.3, -0.25) is 4.79 Å². The Morgan fingerprint density at radius 2 is 1.46 bits per heavy atom. The Bertz CT molecular complexity index is 900. The van der Waals surface area contributed by atoms with Gasteiger partial charge < -0.3 is 14.2 Å². The molecule has 0 aliphatic heterocycles. The second-order valence-electron chi connectivity index (χ2n) is 5.81. The Labute approximate surface area is 157 Å². The first-order valence-corrected chi connectivity index (χ1v) is 8.95. The van der Waals surface area contributed by atoms with Crippen molar-refractivity contribution in [3.05, 3.63) is 63.8 Å². The smallest absolute Gasteiger partial charge is 0.203 e. The largest absolute Gasteiger partial charge is 0.493 e. The van der Waals surface area contributed by atoms with Crippen LogP contribution in [0.3, 0.4) is 0 Å². The van der Waals surface area contributed by atoms with Crippen molar-refractivity contribution in [2.24, 2.45) is 0 Å². The third-order valence-electron chi connectivity index (χ3n) is 4.14. The van der Waals surface area contributed by atoms with Crippen LogP contribution in [0.1, 0.15) is 20.8 Å². The van der Waals surface area contributed by atoms with Gasteiger partial charge in [-0.2, -0.15) is 0 Å². The molecule has 0 N–H and O–H groups in total. The molecular formula is C21H20O4S. The van der Waals surface area contributed by atoms with E-state index in [1.807, 2.05) is 11.4 Å². The third-order valence-corrected chi connectivity index (χ3v) is 5.06. The molecule has 1 heterocycles. The number of carbonyl (C=O) groups excluding carboxylic acids is 1. The number of hydrogen-bond donors (Lipinski definition) is 0. The van der Waals surface area contributed by atoms with Crippen LogP contribution in [-0.4, -0.2) is 27.1 Å². The Hall–Kier alpha value is -2.79. The molecular weight excluding hydrogens is 348 g/mol. The summed E-state index contributed by atoms with van der Waals surface area (Å²) in [7, 11) is 4.60. The lowest BCUT2D eigenvalue weighted by molar-refractivity contribution is 0.104. The number of ether oxygens (including phenoxy) is 3. The molecule has 0 radical (unpaired) electrons. The van der Waals surface area contributed by atoms with Crippen LogP contribution in [0, 0.1) is 6.92 Å². The maximum atomic E-state index is 12.9. The summed E-state index contributed by atoms with van der Waals surface area (Å²) < 4.78 is 16.0. The van der Waals surface area contributed by atoms with Gasteiger partial charge in [0.1, 0.15) is 0 Å². The Morgan fingerprint density at radius 3 is 2.00 bits per heavy atom. The van der Waals surface area contributed by atoms with Gasteiger partial charge in [0, 0.05) is 5.56 Å². The zero-order chi connectivity index (χ0) is 18.7. The second-order valence-corrected chi connectivity index (χ2v) is 6.72. The number of benzene rings is 2. The predicted molar refractivity (Wildman–Crippen MR) is 104 cm³/mol. The van der Waals surface area contributed by atoms with E-state index in [1.165, 1.54) is 38.2 Å². The topological polar surface area (TPSA) is 44.8 Å². The highest BCUT2D eigenvalue weighted by Gasteiger charge is 2.19. The summed E-state index contributed by atoms with van der Waals surface area (Å²) in [5, 5.41) is 2.00. The first-order valence-electron chi connectivity index (χ1n) is 8.07. The molecule has 0 aliphatic carbocycles. The zero-order valence-corrected chi connectivity index (χ0v) is 16.0. The van der Waals surface area contributed by atoms with Crippen LogP contribution >= 0.6 is 11.3 Å². The van der Waals surface area contributed by atoms with Gasteiger partial charge in [0.2, 0.25) is 11.5 Å². The number of hydrogen-bond acceptors (Lipinski definition) is 5. The van der Waals surface area contributed by atoms with Crippen LogP contribution in [0.5, 0.6) is 17.2 Å². The van der Waals surface area contributed by atoms with E-state index in [9.17, 15) is 4.79 Å². The molecule has 0 aliphatic rings. The molecule has 5 heteroatoms. The SMILES string of the molecule is COc1cc(C(=O)c2cc(-c3ccc(C)cc3)cs2)cc(OC)c1OC. The van der Waals surface area contributed by atoms with Crippen molar-refractivity contribution in [2.75, 3.05) is 21.3 Å². The van der Waals surface area contributed by atoms with Crippen molar-refractivity contribution in [3.63, 3.8) is 0 Å². The summed E-state index contributed by atoms with van der Waals surface area (Å²) in [5.74, 6) is 1.32. The average Bonchev–Trinajstić information content (AvgIpc) is 3.16. The second kappa shape index (κ2) is 7.62. The zero-order valence-electron chi connectivity index (χ0n) is 15.2. The molecule has 26 heavy (non-hydrogen) atoms. The molecule has 0 spiro atoms. The van der Waals surface area contributed by atoms with Crippen LogP contribution in [0.25, 0.3) is 11.1 Å². The maximum absolute atomic E-state index is 12.9. The molecule has 0 fully saturated rings. The van der Waals surface area contributed by atoms with E-state index in [-0.39, 0.29) is 5.78 Å². The highest BCUT2D eigenvalue weighted by atomic mass is 32.1. The molecule has 134 valence electrons. The number of aryl methyl sites for hydroxylation is 1. The quantitative estimate of drug-likeness (QED) is 0.576. The Morgan fingerprint density at radius 1 is 0.846 bits per heavy atom. The van der Waals surface area contributed by atoms with E-state index < -0.39 is 0 Å². The highest BCUT2D eigenvalue weighted by Crippen LogP contribution is 2.39. The van der Waals surface area contributed by atoms with E-state index >= 15 is 0 Å². The van der Waals surface area contributed by atoms with Crippen molar-refractivity contribution in [3.8, 4) is 28.4 Å². The summed E-state index contributed by atoms with van der Waals surface area (Å²) in [6, 6.07) is 13.5. The van der Waals surface area contributed by atoms with E-state index in [2.05, 4.69) is 31.2 Å². The third kappa shape index (κ3) is 3.44. The molecule has 0 saturated carbocycles. The lowest BCUT2D eigenvalue weighted by Gasteiger charge is -2.13. The minimum atomic E-state index is -0.0763.